The zero-order valence-electron chi connectivity index (χ0n) is 18.9. The van der Waals surface area contributed by atoms with E-state index in [9.17, 15) is 10.2 Å². The van der Waals surface area contributed by atoms with Gasteiger partial charge in [-0.15, -0.1) is 22.7 Å². The molecule has 5 rings (SSSR count). The van der Waals surface area contributed by atoms with Crippen LogP contribution in [-0.4, -0.2) is 10.2 Å². The lowest BCUT2D eigenvalue weighted by molar-refractivity contribution is 0.224. The zero-order chi connectivity index (χ0) is 22.9. The number of thiophene rings is 2. The molecule has 0 saturated carbocycles. The van der Waals surface area contributed by atoms with Gasteiger partial charge < -0.3 is 10.2 Å². The summed E-state index contributed by atoms with van der Waals surface area (Å²) in [5, 5.41) is 21.9. The molecule has 2 nitrogen and oxygen atoms in total. The van der Waals surface area contributed by atoms with E-state index in [1.165, 1.54) is 32.0 Å². The van der Waals surface area contributed by atoms with Crippen molar-refractivity contribution in [1.82, 2.24) is 0 Å². The molecule has 0 spiro atoms. The van der Waals surface area contributed by atoms with Gasteiger partial charge in [0.05, 0.1) is 0 Å². The molecule has 0 bridgehead atoms. The molecule has 2 atom stereocenters. The van der Waals surface area contributed by atoms with E-state index < -0.39 is 12.2 Å². The fourth-order valence-corrected chi connectivity index (χ4v) is 6.96. The number of aryl methyl sites for hydroxylation is 2. The molecular weight excluding hydrogens is 444 g/mol. The largest absolute Gasteiger partial charge is 0.383 e. The Hall–Kier alpha value is -2.50. The van der Waals surface area contributed by atoms with E-state index in [4.69, 9.17) is 0 Å². The molecule has 4 aromatic rings. The summed E-state index contributed by atoms with van der Waals surface area (Å²) in [4.78, 5) is 4.50. The van der Waals surface area contributed by atoms with E-state index in [2.05, 4.69) is 26.0 Å². The van der Waals surface area contributed by atoms with Crippen molar-refractivity contribution < 1.29 is 10.2 Å². The average Bonchev–Trinajstić information content (AvgIpc) is 3.57. The summed E-state index contributed by atoms with van der Waals surface area (Å²) < 4.78 is 0. The van der Waals surface area contributed by atoms with Crippen molar-refractivity contribution in [2.24, 2.45) is 0 Å². The Morgan fingerprint density at radius 1 is 0.636 bits per heavy atom. The first-order valence-corrected chi connectivity index (χ1v) is 13.1. The Balaban J connectivity index is 1.50. The van der Waals surface area contributed by atoms with E-state index in [1.54, 1.807) is 22.7 Å². The number of aliphatic hydroxyl groups excluding tert-OH is 2. The first-order valence-electron chi connectivity index (χ1n) is 11.4. The van der Waals surface area contributed by atoms with Crippen LogP contribution in [0.1, 0.15) is 73.2 Å². The maximum absolute atomic E-state index is 10.9. The van der Waals surface area contributed by atoms with Gasteiger partial charge in [-0.1, -0.05) is 60.7 Å². The first-order chi connectivity index (χ1) is 16.0. The summed E-state index contributed by atoms with van der Waals surface area (Å²) in [6.07, 6.45) is 2.07. The van der Waals surface area contributed by atoms with Crippen LogP contribution in [0.2, 0.25) is 0 Å². The summed E-state index contributed by atoms with van der Waals surface area (Å²) >= 11 is 3.38. The van der Waals surface area contributed by atoms with Crippen LogP contribution in [-0.2, 0) is 0 Å². The fraction of sp³-hybridized carbons (Fsp3) is 0.241. The average molecular weight is 473 g/mol. The van der Waals surface area contributed by atoms with E-state index in [1.807, 2.05) is 60.7 Å². The molecule has 2 heterocycles. The number of hydrogen-bond donors (Lipinski definition) is 2. The monoisotopic (exact) mass is 472 g/mol. The topological polar surface area (TPSA) is 40.5 Å². The van der Waals surface area contributed by atoms with Crippen molar-refractivity contribution in [2.75, 3.05) is 0 Å². The van der Waals surface area contributed by atoms with Crippen LogP contribution in [0.25, 0.3) is 11.1 Å². The lowest BCUT2D eigenvalue weighted by Gasteiger charge is -2.09. The molecule has 0 saturated heterocycles. The minimum absolute atomic E-state index is 0.593. The van der Waals surface area contributed by atoms with Gasteiger partial charge >= 0.3 is 0 Å². The van der Waals surface area contributed by atoms with E-state index in [0.29, 0.717) is 0 Å². The number of aliphatic hydroxyl groups is 2. The van der Waals surface area contributed by atoms with Crippen molar-refractivity contribution >= 4 is 33.8 Å². The number of allylic oxidation sites excluding steroid dienone is 2. The molecule has 0 radical (unpaired) electrons. The van der Waals surface area contributed by atoms with Gasteiger partial charge in [-0.3, -0.25) is 0 Å². The van der Waals surface area contributed by atoms with Crippen LogP contribution in [0.15, 0.2) is 72.8 Å². The Bertz CT molecular complexity index is 1180. The summed E-state index contributed by atoms with van der Waals surface area (Å²) in [7, 11) is 0. The fourth-order valence-electron chi connectivity index (χ4n) is 4.82. The second kappa shape index (κ2) is 9.40. The van der Waals surface area contributed by atoms with Crippen molar-refractivity contribution in [2.45, 2.75) is 45.3 Å². The number of benzene rings is 2. The van der Waals surface area contributed by atoms with Gasteiger partial charge in [-0.2, -0.15) is 0 Å². The molecule has 0 fully saturated rings. The quantitative estimate of drug-likeness (QED) is 0.302. The van der Waals surface area contributed by atoms with Gasteiger partial charge in [0.15, 0.2) is 0 Å². The van der Waals surface area contributed by atoms with Gasteiger partial charge in [0.2, 0.25) is 0 Å². The Morgan fingerprint density at radius 3 is 1.42 bits per heavy atom. The minimum Gasteiger partial charge on any atom is -0.383 e. The SMILES string of the molecule is Cc1sc(C(O)c2ccccc2)cc1C1=C(c2cc(C(O)c3ccccc3)sc2C)CCC1. The van der Waals surface area contributed by atoms with Crippen LogP contribution >= 0.6 is 22.7 Å². The summed E-state index contributed by atoms with van der Waals surface area (Å²) in [5.41, 5.74) is 7.20. The van der Waals surface area contributed by atoms with Crippen LogP contribution in [0.3, 0.4) is 0 Å². The molecule has 1 aliphatic rings. The maximum Gasteiger partial charge on any atom is 0.113 e. The molecule has 33 heavy (non-hydrogen) atoms. The van der Waals surface area contributed by atoms with Crippen LogP contribution in [0.4, 0.5) is 0 Å². The van der Waals surface area contributed by atoms with Crippen molar-refractivity contribution in [3.63, 3.8) is 0 Å². The van der Waals surface area contributed by atoms with E-state index >= 15 is 0 Å². The third-order valence-electron chi connectivity index (χ3n) is 6.51. The predicted molar refractivity (Wildman–Crippen MR) is 140 cm³/mol. The third kappa shape index (κ3) is 4.36. The van der Waals surface area contributed by atoms with Gasteiger partial charge in [-0.25, -0.2) is 0 Å². The smallest absolute Gasteiger partial charge is 0.113 e. The number of hydrogen-bond acceptors (Lipinski definition) is 4. The molecule has 2 unspecified atom stereocenters. The van der Waals surface area contributed by atoms with Gasteiger partial charge in [0.1, 0.15) is 12.2 Å². The standard InChI is InChI=1S/C29H28O2S2/c1-18-24(16-26(32-18)28(30)20-10-5-3-6-11-20)22-14-9-15-23(22)25-17-27(33-19(25)2)29(31)21-12-7-4-8-13-21/h3-8,10-13,16-17,28-31H,9,14-15H2,1-2H3. The Kier molecular flexibility index (Phi) is 6.35. The summed E-state index contributed by atoms with van der Waals surface area (Å²) in [5.74, 6) is 0. The molecule has 2 aromatic carbocycles. The van der Waals surface area contributed by atoms with Crippen molar-refractivity contribution in [3.05, 3.63) is 115 Å². The molecule has 2 N–H and O–H groups in total. The van der Waals surface area contributed by atoms with Crippen LogP contribution in [0.5, 0.6) is 0 Å². The van der Waals surface area contributed by atoms with Crippen molar-refractivity contribution in [1.29, 1.82) is 0 Å². The minimum atomic E-state index is -0.593. The van der Waals surface area contributed by atoms with Crippen molar-refractivity contribution in [3.8, 4) is 0 Å². The highest BCUT2D eigenvalue weighted by Crippen LogP contribution is 2.46. The second-order valence-electron chi connectivity index (χ2n) is 8.67. The highest BCUT2D eigenvalue weighted by molar-refractivity contribution is 7.12. The molecule has 2 aromatic heterocycles. The number of rotatable bonds is 6. The third-order valence-corrected chi connectivity index (χ3v) is 8.72. The molecular formula is C29H28O2S2. The molecule has 0 aliphatic heterocycles. The first kappa shape index (κ1) is 22.3. The summed E-state index contributed by atoms with van der Waals surface area (Å²) in [6.45, 7) is 4.32. The van der Waals surface area contributed by atoms with Gasteiger partial charge in [-0.05, 0) is 78.6 Å². The lowest BCUT2D eigenvalue weighted by atomic mass is 9.96. The molecule has 1 aliphatic carbocycles. The van der Waals surface area contributed by atoms with E-state index in [0.717, 1.165) is 40.1 Å². The molecule has 168 valence electrons. The second-order valence-corrected chi connectivity index (χ2v) is 11.3. The Labute approximate surface area is 203 Å². The van der Waals surface area contributed by atoms with Crippen LogP contribution in [0, 0.1) is 13.8 Å². The predicted octanol–water partition coefficient (Wildman–Crippen LogP) is 7.68. The zero-order valence-corrected chi connectivity index (χ0v) is 20.5. The maximum atomic E-state index is 10.9. The highest BCUT2D eigenvalue weighted by Gasteiger charge is 2.25. The normalized spacial score (nSPS) is 15.8. The lowest BCUT2D eigenvalue weighted by Crippen LogP contribution is -1.96. The van der Waals surface area contributed by atoms with E-state index in [-0.39, 0.29) is 0 Å². The van der Waals surface area contributed by atoms with Gasteiger partial charge in [0, 0.05) is 19.5 Å². The summed E-state index contributed by atoms with van der Waals surface area (Å²) in [6, 6.07) is 24.1. The highest BCUT2D eigenvalue weighted by atomic mass is 32.1. The Morgan fingerprint density at radius 2 is 1.03 bits per heavy atom. The molecule has 4 heteroatoms. The van der Waals surface area contributed by atoms with Crippen LogP contribution < -0.4 is 0 Å². The molecule has 0 amide bonds. The van der Waals surface area contributed by atoms with Gasteiger partial charge in [0.25, 0.3) is 0 Å².